The van der Waals surface area contributed by atoms with Crippen LogP contribution in [0.2, 0.25) is 0 Å². The van der Waals surface area contributed by atoms with Crippen LogP contribution in [0.5, 0.6) is 0 Å². The van der Waals surface area contributed by atoms with E-state index in [-0.39, 0.29) is 34.1 Å². The molecular weight excluding hydrogens is 348 g/mol. The molecule has 0 N–H and O–H groups in total. The van der Waals surface area contributed by atoms with Crippen LogP contribution in [0.1, 0.15) is 20.8 Å². The summed E-state index contributed by atoms with van der Waals surface area (Å²) in [5.74, 6) is -0.146. The Bertz CT molecular complexity index is 747. The minimum atomic E-state index is -0.365. The largest absolute Gasteiger partial charge is 0.458 e. The Hall–Kier alpha value is -1.65. The molecule has 0 spiro atoms. The second-order valence-electron chi connectivity index (χ2n) is 7.00. The monoisotopic (exact) mass is 371 g/mol. The van der Waals surface area contributed by atoms with Crippen molar-refractivity contribution in [1.29, 1.82) is 0 Å². The number of benzene rings is 2. The van der Waals surface area contributed by atoms with E-state index in [1.54, 1.807) is 17.8 Å². The van der Waals surface area contributed by atoms with Crippen LogP contribution in [0.4, 0.5) is 0 Å². The molecule has 1 atom stereocenters. The molecule has 0 saturated carbocycles. The molecule has 130 valence electrons. The SMILES string of the molecule is C=CCOC(=O)C([S+]1c2ccccc2Sc2ccccc21)C(C)(C)C. The summed E-state index contributed by atoms with van der Waals surface area (Å²) < 4.78 is 5.51. The van der Waals surface area contributed by atoms with E-state index in [9.17, 15) is 4.79 Å². The molecule has 3 rings (SSSR count). The summed E-state index contributed by atoms with van der Waals surface area (Å²) in [5, 5.41) is -0.240. The van der Waals surface area contributed by atoms with Gasteiger partial charge in [-0.1, -0.05) is 69.5 Å². The van der Waals surface area contributed by atoms with Crippen LogP contribution < -0.4 is 0 Å². The first kappa shape index (κ1) is 18.2. The molecule has 1 unspecified atom stereocenters. The second kappa shape index (κ2) is 7.30. The Morgan fingerprint density at radius 2 is 1.64 bits per heavy atom. The zero-order valence-corrected chi connectivity index (χ0v) is 16.5. The first-order valence-corrected chi connectivity index (χ1v) is 10.4. The van der Waals surface area contributed by atoms with Gasteiger partial charge in [-0.2, -0.15) is 0 Å². The molecule has 1 aliphatic heterocycles. The van der Waals surface area contributed by atoms with Crippen molar-refractivity contribution in [2.45, 2.75) is 45.6 Å². The topological polar surface area (TPSA) is 26.3 Å². The van der Waals surface area contributed by atoms with E-state index in [1.807, 2.05) is 0 Å². The van der Waals surface area contributed by atoms with Crippen molar-refractivity contribution in [3.63, 3.8) is 0 Å². The number of carbonyl (C=O) groups excluding carboxylic acids is 1. The molecule has 0 radical (unpaired) electrons. The number of ether oxygens (including phenoxy) is 1. The average Bonchev–Trinajstić information content (AvgIpc) is 2.58. The number of hydrogen-bond donors (Lipinski definition) is 0. The quantitative estimate of drug-likeness (QED) is 0.413. The van der Waals surface area contributed by atoms with Gasteiger partial charge < -0.3 is 4.74 Å². The first-order chi connectivity index (χ1) is 11.9. The Morgan fingerprint density at radius 1 is 1.12 bits per heavy atom. The second-order valence-corrected chi connectivity index (χ2v) is 10.1. The molecular formula is C21H23O2S2+. The summed E-state index contributed by atoms with van der Waals surface area (Å²) in [4.78, 5) is 17.9. The van der Waals surface area contributed by atoms with E-state index >= 15 is 0 Å². The molecule has 0 amide bonds. The highest BCUT2D eigenvalue weighted by atomic mass is 32.2. The van der Waals surface area contributed by atoms with Crippen LogP contribution in [0.3, 0.4) is 0 Å². The summed E-state index contributed by atoms with van der Waals surface area (Å²) >= 11 is 1.78. The normalized spacial score (nSPS) is 15.0. The van der Waals surface area contributed by atoms with Crippen molar-refractivity contribution < 1.29 is 9.53 Å². The molecule has 2 aromatic carbocycles. The number of esters is 1. The Kier molecular flexibility index (Phi) is 5.30. The van der Waals surface area contributed by atoms with Crippen molar-refractivity contribution in [2.75, 3.05) is 6.61 Å². The molecule has 0 aliphatic carbocycles. The zero-order chi connectivity index (χ0) is 18.0. The van der Waals surface area contributed by atoms with Gasteiger partial charge in [0.15, 0.2) is 9.79 Å². The molecule has 0 bridgehead atoms. The minimum Gasteiger partial charge on any atom is -0.458 e. The molecule has 2 aromatic rings. The first-order valence-electron chi connectivity index (χ1n) is 8.30. The third kappa shape index (κ3) is 3.65. The van der Waals surface area contributed by atoms with E-state index in [0.29, 0.717) is 0 Å². The highest BCUT2D eigenvalue weighted by Crippen LogP contribution is 2.49. The summed E-state index contributed by atoms with van der Waals surface area (Å²) in [6, 6.07) is 16.8. The lowest BCUT2D eigenvalue weighted by atomic mass is 9.92. The molecule has 0 aromatic heterocycles. The Balaban J connectivity index is 2.15. The third-order valence-corrected chi connectivity index (χ3v) is 8.41. The van der Waals surface area contributed by atoms with Gasteiger partial charge >= 0.3 is 5.97 Å². The van der Waals surface area contributed by atoms with Gasteiger partial charge in [0.2, 0.25) is 5.25 Å². The lowest BCUT2D eigenvalue weighted by Crippen LogP contribution is -2.43. The maximum absolute atomic E-state index is 13.0. The summed E-state index contributed by atoms with van der Waals surface area (Å²) in [6.07, 6.45) is 1.62. The van der Waals surface area contributed by atoms with Crippen molar-refractivity contribution in [1.82, 2.24) is 0 Å². The van der Waals surface area contributed by atoms with E-state index in [4.69, 9.17) is 4.74 Å². The highest BCUT2D eigenvalue weighted by molar-refractivity contribution is 8.04. The van der Waals surface area contributed by atoms with Gasteiger partial charge in [-0.25, -0.2) is 4.79 Å². The molecule has 1 heterocycles. The van der Waals surface area contributed by atoms with Crippen molar-refractivity contribution in [3.8, 4) is 0 Å². The van der Waals surface area contributed by atoms with Crippen LogP contribution in [0.15, 0.2) is 80.8 Å². The molecule has 4 heteroatoms. The fourth-order valence-corrected chi connectivity index (χ4v) is 7.33. The smallest absolute Gasteiger partial charge is 0.361 e. The third-order valence-electron chi connectivity index (χ3n) is 3.97. The molecule has 0 fully saturated rings. The summed E-state index contributed by atoms with van der Waals surface area (Å²) in [5.41, 5.74) is -0.219. The fraction of sp³-hybridized carbons (Fsp3) is 0.286. The number of carbonyl (C=O) groups is 1. The van der Waals surface area contributed by atoms with Gasteiger partial charge in [-0.3, -0.25) is 0 Å². The Labute approximate surface area is 157 Å². The fourth-order valence-electron chi connectivity index (χ4n) is 2.94. The van der Waals surface area contributed by atoms with Crippen LogP contribution in [-0.4, -0.2) is 17.8 Å². The van der Waals surface area contributed by atoms with Gasteiger partial charge in [-0.05, 0) is 24.3 Å². The van der Waals surface area contributed by atoms with Gasteiger partial charge in [-0.15, -0.1) is 0 Å². The van der Waals surface area contributed by atoms with E-state index in [0.717, 1.165) is 0 Å². The van der Waals surface area contributed by atoms with E-state index in [2.05, 4.69) is 75.9 Å². The minimum absolute atomic E-state index is 0.146. The molecule has 1 aliphatic rings. The van der Waals surface area contributed by atoms with Crippen molar-refractivity contribution >= 4 is 28.6 Å². The number of rotatable bonds is 4. The van der Waals surface area contributed by atoms with Crippen LogP contribution >= 0.6 is 11.8 Å². The predicted octanol–water partition coefficient (Wildman–Crippen LogP) is 5.33. The van der Waals surface area contributed by atoms with Crippen LogP contribution in [0, 0.1) is 5.41 Å². The van der Waals surface area contributed by atoms with Crippen LogP contribution in [-0.2, 0) is 20.4 Å². The van der Waals surface area contributed by atoms with Gasteiger partial charge in [0, 0.05) is 5.41 Å². The lowest BCUT2D eigenvalue weighted by Gasteiger charge is -2.31. The van der Waals surface area contributed by atoms with Crippen LogP contribution in [0.25, 0.3) is 0 Å². The molecule has 25 heavy (non-hydrogen) atoms. The number of fused-ring (bicyclic) bond motifs is 2. The maximum Gasteiger partial charge on any atom is 0.361 e. The summed E-state index contributed by atoms with van der Waals surface area (Å²) in [6.45, 7) is 10.3. The maximum atomic E-state index is 13.0. The van der Waals surface area contributed by atoms with Gasteiger partial charge in [0.05, 0.1) is 20.7 Å². The van der Waals surface area contributed by atoms with Crippen molar-refractivity contribution in [2.24, 2.45) is 5.41 Å². The Morgan fingerprint density at radius 3 is 2.12 bits per heavy atom. The lowest BCUT2D eigenvalue weighted by molar-refractivity contribution is -0.143. The highest BCUT2D eigenvalue weighted by Gasteiger charge is 2.52. The predicted molar refractivity (Wildman–Crippen MR) is 105 cm³/mol. The summed E-state index contributed by atoms with van der Waals surface area (Å²) in [7, 11) is -0.365. The average molecular weight is 372 g/mol. The van der Waals surface area contributed by atoms with Gasteiger partial charge in [0.1, 0.15) is 6.61 Å². The molecule has 2 nitrogen and oxygen atoms in total. The zero-order valence-electron chi connectivity index (χ0n) is 14.8. The number of hydrogen-bond acceptors (Lipinski definition) is 3. The van der Waals surface area contributed by atoms with E-state index in [1.165, 1.54) is 19.6 Å². The van der Waals surface area contributed by atoms with E-state index < -0.39 is 0 Å². The molecule has 0 saturated heterocycles. The van der Waals surface area contributed by atoms with Crippen molar-refractivity contribution in [3.05, 3.63) is 61.2 Å². The van der Waals surface area contributed by atoms with Gasteiger partial charge in [0.25, 0.3) is 0 Å². The standard InChI is InChI=1S/C21H23O2S2/c1-5-14-23-20(22)19(21(2,3)4)25-17-12-8-6-10-15(17)24-16-11-7-9-13-18(16)25/h5-13,19H,1,14H2,2-4H3/q+1.